The van der Waals surface area contributed by atoms with Gasteiger partial charge in [-0.25, -0.2) is 0 Å². The summed E-state index contributed by atoms with van der Waals surface area (Å²) in [7, 11) is 0. The predicted octanol–water partition coefficient (Wildman–Crippen LogP) is 1.08. The van der Waals surface area contributed by atoms with E-state index in [4.69, 9.17) is 10.5 Å². The molecule has 0 spiro atoms. The summed E-state index contributed by atoms with van der Waals surface area (Å²) in [5.41, 5.74) is 5.36. The first-order chi connectivity index (χ1) is 6.86. The fourth-order valence-electron chi connectivity index (χ4n) is 1.66. The summed E-state index contributed by atoms with van der Waals surface area (Å²) < 4.78 is 5.39. The van der Waals surface area contributed by atoms with Crippen LogP contribution >= 0.6 is 0 Å². The minimum atomic E-state index is 0.635. The molecule has 0 saturated heterocycles. The van der Waals surface area contributed by atoms with Gasteiger partial charge in [-0.1, -0.05) is 6.92 Å². The molecule has 84 valence electrons. The van der Waals surface area contributed by atoms with E-state index in [-0.39, 0.29) is 0 Å². The lowest BCUT2D eigenvalue weighted by molar-refractivity contribution is 0.107. The van der Waals surface area contributed by atoms with E-state index in [2.05, 4.69) is 11.8 Å². The summed E-state index contributed by atoms with van der Waals surface area (Å²) in [6.07, 6.45) is 4.11. The summed E-state index contributed by atoms with van der Waals surface area (Å²) in [6, 6.07) is 0. The zero-order valence-electron chi connectivity index (χ0n) is 9.37. The minimum absolute atomic E-state index is 0.635. The smallest absolute Gasteiger partial charge is 0.0594 e. The van der Waals surface area contributed by atoms with E-state index in [9.17, 15) is 0 Å². The maximum atomic E-state index is 5.39. The third-order valence-corrected chi connectivity index (χ3v) is 2.57. The van der Waals surface area contributed by atoms with Crippen LogP contribution in [0.4, 0.5) is 0 Å². The highest BCUT2D eigenvalue weighted by atomic mass is 16.5. The van der Waals surface area contributed by atoms with Gasteiger partial charge in [0.2, 0.25) is 0 Å². The average Bonchev–Trinajstić information content (AvgIpc) is 2.96. The van der Waals surface area contributed by atoms with Crippen molar-refractivity contribution in [2.24, 2.45) is 11.7 Å². The Morgan fingerprint density at radius 1 is 1.29 bits per heavy atom. The van der Waals surface area contributed by atoms with Gasteiger partial charge in [0.15, 0.2) is 0 Å². The summed E-state index contributed by atoms with van der Waals surface area (Å²) >= 11 is 0. The van der Waals surface area contributed by atoms with E-state index in [1.54, 1.807) is 0 Å². The molecule has 0 amide bonds. The van der Waals surface area contributed by atoms with Crippen molar-refractivity contribution in [3.05, 3.63) is 0 Å². The Labute approximate surface area is 87.6 Å². The van der Waals surface area contributed by atoms with Gasteiger partial charge in [-0.05, 0) is 31.7 Å². The van der Waals surface area contributed by atoms with Gasteiger partial charge >= 0.3 is 0 Å². The largest absolute Gasteiger partial charge is 0.379 e. The van der Waals surface area contributed by atoms with Crippen molar-refractivity contribution in [3.63, 3.8) is 0 Å². The molecule has 1 rings (SSSR count). The van der Waals surface area contributed by atoms with Gasteiger partial charge in [-0.15, -0.1) is 0 Å². The molecule has 0 unspecified atom stereocenters. The second kappa shape index (κ2) is 7.21. The molecule has 0 heterocycles. The maximum absolute atomic E-state index is 5.39. The lowest BCUT2D eigenvalue weighted by Gasteiger charge is -2.21. The molecule has 0 bridgehead atoms. The fraction of sp³-hybridized carbons (Fsp3) is 1.00. The van der Waals surface area contributed by atoms with E-state index in [0.717, 1.165) is 19.1 Å². The standard InChI is InChI=1S/C11H24N2O/c1-2-6-13(10-11-3-4-11)7-9-14-8-5-12/h11H,2-10,12H2,1H3. The van der Waals surface area contributed by atoms with Crippen molar-refractivity contribution in [2.45, 2.75) is 26.2 Å². The van der Waals surface area contributed by atoms with E-state index in [0.29, 0.717) is 13.2 Å². The van der Waals surface area contributed by atoms with Crippen LogP contribution in [0.1, 0.15) is 26.2 Å². The highest BCUT2D eigenvalue weighted by Gasteiger charge is 2.23. The van der Waals surface area contributed by atoms with Gasteiger partial charge < -0.3 is 15.4 Å². The zero-order chi connectivity index (χ0) is 10.2. The summed E-state index contributed by atoms with van der Waals surface area (Å²) in [5, 5.41) is 0. The summed E-state index contributed by atoms with van der Waals surface area (Å²) in [6.45, 7) is 7.97. The molecule has 0 aromatic heterocycles. The van der Waals surface area contributed by atoms with Crippen molar-refractivity contribution >= 4 is 0 Å². The molecule has 0 aliphatic heterocycles. The maximum Gasteiger partial charge on any atom is 0.0594 e. The number of rotatable bonds is 9. The normalized spacial score (nSPS) is 16.5. The van der Waals surface area contributed by atoms with Gasteiger partial charge in [0, 0.05) is 19.6 Å². The van der Waals surface area contributed by atoms with Gasteiger partial charge in [0.25, 0.3) is 0 Å². The second-order valence-corrected chi connectivity index (χ2v) is 4.15. The Balaban J connectivity index is 2.01. The number of hydrogen-bond donors (Lipinski definition) is 1. The van der Waals surface area contributed by atoms with Crippen molar-refractivity contribution in [1.82, 2.24) is 4.90 Å². The molecule has 1 aliphatic carbocycles. The molecule has 1 aliphatic rings. The van der Waals surface area contributed by atoms with Crippen LogP contribution in [0.2, 0.25) is 0 Å². The van der Waals surface area contributed by atoms with Crippen LogP contribution in [0.5, 0.6) is 0 Å². The first-order valence-electron chi connectivity index (χ1n) is 5.87. The minimum Gasteiger partial charge on any atom is -0.379 e. The molecule has 0 aromatic rings. The fourth-order valence-corrected chi connectivity index (χ4v) is 1.66. The predicted molar refractivity (Wildman–Crippen MR) is 59.3 cm³/mol. The van der Waals surface area contributed by atoms with Crippen LogP contribution in [-0.4, -0.2) is 44.3 Å². The highest BCUT2D eigenvalue weighted by molar-refractivity contribution is 4.77. The van der Waals surface area contributed by atoms with E-state index >= 15 is 0 Å². The Morgan fingerprint density at radius 2 is 2.07 bits per heavy atom. The average molecular weight is 200 g/mol. The Bertz CT molecular complexity index is 137. The highest BCUT2D eigenvalue weighted by Crippen LogP contribution is 2.29. The third kappa shape index (κ3) is 5.58. The molecule has 14 heavy (non-hydrogen) atoms. The molecular weight excluding hydrogens is 176 g/mol. The molecule has 1 saturated carbocycles. The quantitative estimate of drug-likeness (QED) is 0.566. The monoisotopic (exact) mass is 200 g/mol. The Hall–Kier alpha value is -0.120. The van der Waals surface area contributed by atoms with E-state index in [1.165, 1.54) is 32.4 Å². The first-order valence-corrected chi connectivity index (χ1v) is 5.87. The van der Waals surface area contributed by atoms with E-state index in [1.807, 2.05) is 0 Å². The van der Waals surface area contributed by atoms with Gasteiger partial charge in [0.1, 0.15) is 0 Å². The number of nitrogens with zero attached hydrogens (tertiary/aromatic N) is 1. The second-order valence-electron chi connectivity index (χ2n) is 4.15. The SMILES string of the molecule is CCCN(CCOCCN)CC1CC1. The third-order valence-electron chi connectivity index (χ3n) is 2.57. The van der Waals surface area contributed by atoms with Gasteiger partial charge in [0.05, 0.1) is 13.2 Å². The lowest BCUT2D eigenvalue weighted by atomic mass is 10.3. The Morgan fingerprint density at radius 3 is 2.64 bits per heavy atom. The van der Waals surface area contributed by atoms with Crippen molar-refractivity contribution in [3.8, 4) is 0 Å². The zero-order valence-corrected chi connectivity index (χ0v) is 9.37. The van der Waals surface area contributed by atoms with Crippen LogP contribution < -0.4 is 5.73 Å². The van der Waals surface area contributed by atoms with Gasteiger partial charge in [-0.2, -0.15) is 0 Å². The number of nitrogens with two attached hydrogens (primary N) is 1. The molecule has 3 nitrogen and oxygen atoms in total. The lowest BCUT2D eigenvalue weighted by Crippen LogP contribution is -2.31. The first kappa shape index (κ1) is 12.0. The molecule has 1 fully saturated rings. The molecule has 0 atom stereocenters. The molecule has 3 heteroatoms. The van der Waals surface area contributed by atoms with Crippen molar-refractivity contribution in [2.75, 3.05) is 39.4 Å². The van der Waals surface area contributed by atoms with Crippen molar-refractivity contribution in [1.29, 1.82) is 0 Å². The Kier molecular flexibility index (Phi) is 6.15. The van der Waals surface area contributed by atoms with Gasteiger partial charge in [-0.3, -0.25) is 0 Å². The molecule has 0 radical (unpaired) electrons. The van der Waals surface area contributed by atoms with Crippen LogP contribution in [0.15, 0.2) is 0 Å². The van der Waals surface area contributed by atoms with Crippen LogP contribution in [0.3, 0.4) is 0 Å². The van der Waals surface area contributed by atoms with Crippen LogP contribution in [0.25, 0.3) is 0 Å². The summed E-state index contributed by atoms with van der Waals surface area (Å²) in [4.78, 5) is 2.52. The van der Waals surface area contributed by atoms with Crippen molar-refractivity contribution < 1.29 is 4.74 Å². The molecular formula is C11H24N2O. The topological polar surface area (TPSA) is 38.5 Å². The van der Waals surface area contributed by atoms with Crippen LogP contribution in [0, 0.1) is 5.92 Å². The molecule has 0 aromatic carbocycles. The number of ether oxygens (including phenoxy) is 1. The van der Waals surface area contributed by atoms with E-state index < -0.39 is 0 Å². The number of hydrogen-bond acceptors (Lipinski definition) is 3. The summed E-state index contributed by atoms with van der Waals surface area (Å²) in [5.74, 6) is 0.982. The molecule has 2 N–H and O–H groups in total. The van der Waals surface area contributed by atoms with Crippen LogP contribution in [-0.2, 0) is 4.74 Å².